The molecule has 8 heteroatoms. The van der Waals surface area contributed by atoms with Gasteiger partial charge in [0.25, 0.3) is 0 Å². The third-order valence-corrected chi connectivity index (χ3v) is 6.17. The van der Waals surface area contributed by atoms with Gasteiger partial charge in [0.05, 0.1) is 18.3 Å². The normalized spacial score (nSPS) is 26.9. The van der Waals surface area contributed by atoms with Gasteiger partial charge in [-0.2, -0.15) is 0 Å². The highest BCUT2D eigenvalue weighted by Crippen LogP contribution is 2.40. The van der Waals surface area contributed by atoms with Crippen molar-refractivity contribution in [3.05, 3.63) is 42.7 Å². The molecule has 1 saturated heterocycles. The van der Waals surface area contributed by atoms with Crippen LogP contribution in [0.5, 0.6) is 17.2 Å². The average molecular weight is 411 g/mol. The van der Waals surface area contributed by atoms with E-state index in [0.29, 0.717) is 48.6 Å². The molecular weight excluding hydrogens is 386 g/mol. The van der Waals surface area contributed by atoms with Crippen LogP contribution in [-0.4, -0.2) is 59.5 Å². The van der Waals surface area contributed by atoms with Crippen LogP contribution in [0.3, 0.4) is 0 Å². The van der Waals surface area contributed by atoms with Gasteiger partial charge in [-0.1, -0.05) is 0 Å². The number of likely N-dealkylation sites (tertiary alicyclic amines) is 1. The van der Waals surface area contributed by atoms with Gasteiger partial charge in [0.1, 0.15) is 11.9 Å². The van der Waals surface area contributed by atoms with Gasteiger partial charge in [0.2, 0.25) is 12.7 Å². The Morgan fingerprint density at radius 1 is 1.20 bits per heavy atom. The van der Waals surface area contributed by atoms with Crippen molar-refractivity contribution in [2.24, 2.45) is 11.8 Å². The van der Waals surface area contributed by atoms with Crippen molar-refractivity contribution >= 4 is 11.6 Å². The smallest absolute Gasteiger partial charge is 0.241 e. The van der Waals surface area contributed by atoms with Crippen LogP contribution in [-0.2, 0) is 4.79 Å². The van der Waals surface area contributed by atoms with Gasteiger partial charge in [0, 0.05) is 31.5 Å². The number of pyridine rings is 1. The van der Waals surface area contributed by atoms with E-state index in [9.17, 15) is 9.90 Å². The number of rotatable bonds is 5. The number of nitrogens with one attached hydrogen (secondary N) is 1. The molecular formula is C22H25N3O5. The van der Waals surface area contributed by atoms with Crippen LogP contribution in [0.15, 0.2) is 42.7 Å². The lowest BCUT2D eigenvalue weighted by Crippen LogP contribution is -2.42. The van der Waals surface area contributed by atoms with Gasteiger partial charge < -0.3 is 29.5 Å². The SMILES string of the molecule is O=C(CNc1cccnc1)N1C[C@H]2C[C@@H](Oc3ccc4c(c3)OCO4)[C@H](O)C[C@H]2C1. The van der Waals surface area contributed by atoms with Crippen LogP contribution in [0, 0.1) is 11.8 Å². The molecule has 1 aromatic heterocycles. The lowest BCUT2D eigenvalue weighted by molar-refractivity contribution is -0.128. The van der Waals surface area contributed by atoms with E-state index < -0.39 is 6.10 Å². The molecule has 0 radical (unpaired) electrons. The Bertz CT molecular complexity index is 909. The van der Waals surface area contributed by atoms with Gasteiger partial charge in [-0.25, -0.2) is 0 Å². The summed E-state index contributed by atoms with van der Waals surface area (Å²) in [4.78, 5) is 18.6. The van der Waals surface area contributed by atoms with E-state index in [-0.39, 0.29) is 25.3 Å². The Kier molecular flexibility index (Phi) is 5.08. The number of aromatic nitrogens is 1. The highest BCUT2D eigenvalue weighted by Gasteiger charge is 2.43. The van der Waals surface area contributed by atoms with Gasteiger partial charge in [0.15, 0.2) is 11.5 Å². The summed E-state index contributed by atoms with van der Waals surface area (Å²) in [5.41, 5.74) is 0.829. The summed E-state index contributed by atoms with van der Waals surface area (Å²) >= 11 is 0. The molecule has 2 N–H and O–H groups in total. The lowest BCUT2D eigenvalue weighted by atomic mass is 9.78. The first-order valence-corrected chi connectivity index (χ1v) is 10.3. The molecule has 2 fully saturated rings. The molecule has 1 amide bonds. The molecule has 1 saturated carbocycles. The largest absolute Gasteiger partial charge is 0.488 e. The molecule has 3 heterocycles. The van der Waals surface area contributed by atoms with Crippen LogP contribution >= 0.6 is 0 Å². The zero-order valence-electron chi connectivity index (χ0n) is 16.6. The summed E-state index contributed by atoms with van der Waals surface area (Å²) < 4.78 is 16.8. The zero-order chi connectivity index (χ0) is 20.5. The zero-order valence-corrected chi connectivity index (χ0v) is 16.6. The van der Waals surface area contributed by atoms with E-state index in [1.807, 2.05) is 29.2 Å². The summed E-state index contributed by atoms with van der Waals surface area (Å²) in [5.74, 6) is 2.73. The second-order valence-electron chi connectivity index (χ2n) is 8.12. The van der Waals surface area contributed by atoms with Crippen molar-refractivity contribution in [3.8, 4) is 17.2 Å². The van der Waals surface area contributed by atoms with Crippen molar-refractivity contribution < 1.29 is 24.1 Å². The molecule has 2 aliphatic heterocycles. The monoisotopic (exact) mass is 411 g/mol. The quantitative estimate of drug-likeness (QED) is 0.776. The number of hydrogen-bond acceptors (Lipinski definition) is 7. The minimum absolute atomic E-state index is 0.0657. The van der Waals surface area contributed by atoms with E-state index in [1.165, 1.54) is 0 Å². The predicted molar refractivity (Wildman–Crippen MR) is 109 cm³/mol. The number of anilines is 1. The number of ether oxygens (including phenoxy) is 3. The third-order valence-electron chi connectivity index (χ3n) is 6.17. The molecule has 0 bridgehead atoms. The van der Waals surface area contributed by atoms with Crippen LogP contribution in [0.4, 0.5) is 5.69 Å². The molecule has 1 aliphatic carbocycles. The summed E-state index contributed by atoms with van der Waals surface area (Å²) in [6.45, 7) is 1.84. The molecule has 30 heavy (non-hydrogen) atoms. The third kappa shape index (κ3) is 3.87. The number of aliphatic hydroxyl groups is 1. The van der Waals surface area contributed by atoms with Crippen molar-refractivity contribution in [2.45, 2.75) is 25.0 Å². The second kappa shape index (κ2) is 8.02. The maximum Gasteiger partial charge on any atom is 0.241 e. The molecule has 0 unspecified atom stereocenters. The Labute approximate surface area is 174 Å². The standard InChI is InChI=1S/C22H25N3O5/c26-18-6-14-11-25(22(27)10-24-16-2-1-5-23-9-16)12-15(14)7-20(18)30-17-3-4-19-21(8-17)29-13-28-19/h1-5,8-9,14-15,18,20,24,26H,6-7,10-13H2/t14-,15+,18+,20+/m0/s1. The predicted octanol–water partition coefficient (Wildman–Crippen LogP) is 1.90. The van der Waals surface area contributed by atoms with Crippen LogP contribution in [0.1, 0.15) is 12.8 Å². The van der Waals surface area contributed by atoms with Crippen molar-refractivity contribution in [2.75, 3.05) is 31.7 Å². The molecule has 0 spiro atoms. The molecule has 5 rings (SSSR count). The molecule has 4 atom stereocenters. The van der Waals surface area contributed by atoms with Crippen LogP contribution < -0.4 is 19.5 Å². The molecule has 2 aromatic rings. The number of fused-ring (bicyclic) bond motifs is 2. The first kappa shape index (κ1) is 19.0. The Balaban J connectivity index is 1.17. The first-order chi connectivity index (χ1) is 14.7. The fourth-order valence-corrected chi connectivity index (χ4v) is 4.60. The minimum Gasteiger partial charge on any atom is -0.488 e. The molecule has 1 aromatic carbocycles. The fourth-order valence-electron chi connectivity index (χ4n) is 4.60. The lowest BCUT2D eigenvalue weighted by Gasteiger charge is -2.35. The van der Waals surface area contributed by atoms with Crippen molar-refractivity contribution in [3.63, 3.8) is 0 Å². The molecule has 158 valence electrons. The number of benzene rings is 1. The van der Waals surface area contributed by atoms with Gasteiger partial charge in [-0.15, -0.1) is 0 Å². The fraction of sp³-hybridized carbons (Fsp3) is 0.455. The minimum atomic E-state index is -0.555. The van der Waals surface area contributed by atoms with Crippen molar-refractivity contribution in [1.82, 2.24) is 9.88 Å². The number of carbonyl (C=O) groups is 1. The van der Waals surface area contributed by atoms with E-state index in [2.05, 4.69) is 10.3 Å². The molecule has 3 aliphatic rings. The highest BCUT2D eigenvalue weighted by molar-refractivity contribution is 5.81. The summed E-state index contributed by atoms with van der Waals surface area (Å²) in [6.07, 6.45) is 3.91. The Morgan fingerprint density at radius 2 is 2.03 bits per heavy atom. The Hall–Kier alpha value is -3.00. The van der Waals surface area contributed by atoms with Gasteiger partial charge in [-0.3, -0.25) is 9.78 Å². The van der Waals surface area contributed by atoms with E-state index in [1.54, 1.807) is 18.5 Å². The van der Waals surface area contributed by atoms with Crippen molar-refractivity contribution in [1.29, 1.82) is 0 Å². The summed E-state index contributed by atoms with van der Waals surface area (Å²) in [5, 5.41) is 13.8. The van der Waals surface area contributed by atoms with E-state index in [4.69, 9.17) is 14.2 Å². The van der Waals surface area contributed by atoms with Crippen LogP contribution in [0.2, 0.25) is 0 Å². The van der Waals surface area contributed by atoms with Crippen LogP contribution in [0.25, 0.3) is 0 Å². The maximum absolute atomic E-state index is 12.6. The first-order valence-electron chi connectivity index (χ1n) is 10.3. The summed E-state index contributed by atoms with van der Waals surface area (Å²) in [6, 6.07) is 9.18. The molecule has 8 nitrogen and oxygen atoms in total. The highest BCUT2D eigenvalue weighted by atomic mass is 16.7. The topological polar surface area (TPSA) is 93.2 Å². The maximum atomic E-state index is 12.6. The number of carbonyl (C=O) groups excluding carboxylic acids is 1. The van der Waals surface area contributed by atoms with Gasteiger partial charge >= 0.3 is 0 Å². The Morgan fingerprint density at radius 3 is 2.87 bits per heavy atom. The second-order valence-corrected chi connectivity index (χ2v) is 8.12. The number of hydrogen-bond donors (Lipinski definition) is 2. The van der Waals surface area contributed by atoms with Gasteiger partial charge in [-0.05, 0) is 48.9 Å². The number of nitrogens with zero attached hydrogens (tertiary/aromatic N) is 2. The number of aliphatic hydroxyl groups excluding tert-OH is 1. The summed E-state index contributed by atoms with van der Waals surface area (Å²) in [7, 11) is 0. The van der Waals surface area contributed by atoms with E-state index in [0.717, 1.165) is 12.1 Å². The average Bonchev–Trinajstić information content (AvgIpc) is 3.39. The number of amides is 1. The van der Waals surface area contributed by atoms with E-state index >= 15 is 0 Å².